The van der Waals surface area contributed by atoms with Crippen molar-refractivity contribution in [1.29, 1.82) is 0 Å². The number of amides is 2. The van der Waals surface area contributed by atoms with Gasteiger partial charge >= 0.3 is 0 Å². The molecule has 5 nitrogen and oxygen atoms in total. The van der Waals surface area contributed by atoms with Crippen LogP contribution in [0.15, 0.2) is 18.2 Å². The average molecular weight is 316 g/mol. The molecule has 7 heteroatoms. The smallest absolute Gasteiger partial charge is 0.238 e. The van der Waals surface area contributed by atoms with Crippen molar-refractivity contribution in [3.63, 3.8) is 0 Å². The number of rotatable bonds is 5. The summed E-state index contributed by atoms with van der Waals surface area (Å²) < 4.78 is 0. The van der Waals surface area contributed by atoms with Crippen molar-refractivity contribution in [2.45, 2.75) is 18.9 Å². The van der Waals surface area contributed by atoms with E-state index in [0.29, 0.717) is 28.7 Å². The molecule has 1 atom stereocenters. The Hall–Kier alpha value is -1.30. The summed E-state index contributed by atoms with van der Waals surface area (Å²) in [6, 6.07) is 5.12. The fraction of sp³-hybridized carbons (Fsp3) is 0.385. The number of hydrogen-bond donors (Lipinski definition) is 3. The van der Waals surface area contributed by atoms with E-state index in [2.05, 4.69) is 16.0 Å². The van der Waals surface area contributed by atoms with Crippen molar-refractivity contribution in [1.82, 2.24) is 10.6 Å². The lowest BCUT2D eigenvalue weighted by molar-refractivity contribution is -0.119. The molecule has 0 bridgehead atoms. The van der Waals surface area contributed by atoms with Crippen LogP contribution in [-0.2, 0) is 9.59 Å². The van der Waals surface area contributed by atoms with E-state index < -0.39 is 0 Å². The van der Waals surface area contributed by atoms with Crippen LogP contribution in [0.1, 0.15) is 12.8 Å². The third-order valence-electron chi connectivity index (χ3n) is 2.99. The standard InChI is InChI=1S/C13H15Cl2N3O2/c14-9-2-1-3-10(15)13(9)18-12(20)7-16-6-8-4-5-11(19)17-8/h1-3,8,16H,4-7H2,(H,17,19)(H,18,20). The minimum absolute atomic E-state index is 0.0594. The molecule has 3 N–H and O–H groups in total. The molecule has 1 aromatic rings. The van der Waals surface area contributed by atoms with Crippen LogP contribution >= 0.6 is 23.2 Å². The van der Waals surface area contributed by atoms with Crippen LogP contribution in [0.5, 0.6) is 0 Å². The van der Waals surface area contributed by atoms with Crippen LogP contribution in [0.3, 0.4) is 0 Å². The number of nitrogens with one attached hydrogen (secondary N) is 3. The Balaban J connectivity index is 1.77. The van der Waals surface area contributed by atoms with E-state index in [1.807, 2.05) is 0 Å². The Labute approximate surface area is 127 Å². The van der Waals surface area contributed by atoms with Gasteiger partial charge in [-0.3, -0.25) is 9.59 Å². The van der Waals surface area contributed by atoms with Crippen LogP contribution in [-0.4, -0.2) is 30.9 Å². The summed E-state index contributed by atoms with van der Waals surface area (Å²) >= 11 is 11.9. The number of hydrogen-bond acceptors (Lipinski definition) is 3. The predicted molar refractivity (Wildman–Crippen MR) is 79.1 cm³/mol. The van der Waals surface area contributed by atoms with Gasteiger partial charge in [0.25, 0.3) is 0 Å². The molecule has 1 unspecified atom stereocenters. The summed E-state index contributed by atoms with van der Waals surface area (Å²) in [5, 5.41) is 9.27. The quantitative estimate of drug-likeness (QED) is 0.776. The minimum Gasteiger partial charge on any atom is -0.352 e. The van der Waals surface area contributed by atoms with Gasteiger partial charge in [0.05, 0.1) is 22.3 Å². The summed E-state index contributed by atoms with van der Waals surface area (Å²) in [6.45, 7) is 0.698. The van der Waals surface area contributed by atoms with Gasteiger partial charge in [0.15, 0.2) is 0 Å². The van der Waals surface area contributed by atoms with Crippen molar-refractivity contribution < 1.29 is 9.59 Å². The van der Waals surface area contributed by atoms with E-state index >= 15 is 0 Å². The van der Waals surface area contributed by atoms with Crippen LogP contribution in [0, 0.1) is 0 Å². The molecule has 108 valence electrons. The molecular formula is C13H15Cl2N3O2. The lowest BCUT2D eigenvalue weighted by Crippen LogP contribution is -2.38. The van der Waals surface area contributed by atoms with Gasteiger partial charge in [-0.05, 0) is 18.6 Å². The fourth-order valence-electron chi connectivity index (χ4n) is 1.99. The average Bonchev–Trinajstić information content (AvgIpc) is 2.80. The highest BCUT2D eigenvalue weighted by Gasteiger charge is 2.20. The summed E-state index contributed by atoms with van der Waals surface area (Å²) in [5.74, 6) is -0.173. The minimum atomic E-state index is -0.232. The largest absolute Gasteiger partial charge is 0.352 e. The number of benzene rings is 1. The Morgan fingerprint density at radius 2 is 2.05 bits per heavy atom. The molecule has 0 saturated carbocycles. The molecule has 20 heavy (non-hydrogen) atoms. The second-order valence-electron chi connectivity index (χ2n) is 4.58. The highest BCUT2D eigenvalue weighted by atomic mass is 35.5. The van der Waals surface area contributed by atoms with Crippen LogP contribution in [0.2, 0.25) is 10.0 Å². The van der Waals surface area contributed by atoms with Crippen LogP contribution in [0.4, 0.5) is 5.69 Å². The zero-order valence-electron chi connectivity index (χ0n) is 10.7. The first-order chi connectivity index (χ1) is 9.56. The number of anilines is 1. The molecule has 1 aromatic carbocycles. The van der Waals surface area contributed by atoms with Gasteiger partial charge < -0.3 is 16.0 Å². The molecule has 1 aliphatic rings. The summed E-state index contributed by atoms with van der Waals surface area (Å²) in [4.78, 5) is 22.8. The first kappa shape index (κ1) is 15.1. The van der Waals surface area contributed by atoms with Crippen LogP contribution < -0.4 is 16.0 Å². The topological polar surface area (TPSA) is 70.2 Å². The van der Waals surface area contributed by atoms with Gasteiger partial charge in [-0.25, -0.2) is 0 Å². The Bertz CT molecular complexity index is 502. The van der Waals surface area contributed by atoms with Gasteiger partial charge in [-0.2, -0.15) is 0 Å². The summed E-state index contributed by atoms with van der Waals surface area (Å²) in [5.41, 5.74) is 0.414. The third kappa shape index (κ3) is 4.10. The molecule has 0 spiro atoms. The molecule has 2 rings (SSSR count). The maximum Gasteiger partial charge on any atom is 0.238 e. The normalized spacial score (nSPS) is 17.9. The molecule has 1 saturated heterocycles. The van der Waals surface area contributed by atoms with Gasteiger partial charge in [-0.1, -0.05) is 29.3 Å². The van der Waals surface area contributed by atoms with Gasteiger partial charge in [0, 0.05) is 19.0 Å². The summed E-state index contributed by atoms with van der Waals surface area (Å²) in [6.07, 6.45) is 1.34. The highest BCUT2D eigenvalue weighted by molar-refractivity contribution is 6.39. The first-order valence-corrected chi connectivity index (χ1v) is 7.06. The van der Waals surface area contributed by atoms with E-state index in [1.54, 1.807) is 18.2 Å². The zero-order valence-corrected chi connectivity index (χ0v) is 12.2. The zero-order chi connectivity index (χ0) is 14.5. The highest BCUT2D eigenvalue weighted by Crippen LogP contribution is 2.29. The number of carbonyl (C=O) groups is 2. The molecule has 0 radical (unpaired) electrons. The second kappa shape index (κ2) is 6.92. The van der Waals surface area contributed by atoms with E-state index in [-0.39, 0.29) is 24.4 Å². The molecule has 2 amide bonds. The van der Waals surface area contributed by atoms with Crippen molar-refractivity contribution in [3.05, 3.63) is 28.2 Å². The number of halogens is 2. The van der Waals surface area contributed by atoms with E-state index in [9.17, 15) is 9.59 Å². The third-order valence-corrected chi connectivity index (χ3v) is 3.62. The Morgan fingerprint density at radius 1 is 1.35 bits per heavy atom. The molecular weight excluding hydrogens is 301 g/mol. The number of carbonyl (C=O) groups excluding carboxylic acids is 2. The maximum absolute atomic E-state index is 11.8. The maximum atomic E-state index is 11.8. The Kier molecular flexibility index (Phi) is 5.23. The first-order valence-electron chi connectivity index (χ1n) is 6.30. The number of para-hydroxylation sites is 1. The lowest BCUT2D eigenvalue weighted by Gasteiger charge is -2.12. The van der Waals surface area contributed by atoms with Crippen molar-refractivity contribution in [3.8, 4) is 0 Å². The lowest BCUT2D eigenvalue weighted by atomic mass is 10.2. The van der Waals surface area contributed by atoms with Crippen molar-refractivity contribution in [2.75, 3.05) is 18.4 Å². The molecule has 0 aliphatic carbocycles. The second-order valence-corrected chi connectivity index (χ2v) is 5.39. The molecule has 0 aromatic heterocycles. The molecule has 1 heterocycles. The van der Waals surface area contributed by atoms with Gasteiger partial charge in [0.1, 0.15) is 0 Å². The fourth-order valence-corrected chi connectivity index (χ4v) is 2.48. The van der Waals surface area contributed by atoms with Crippen molar-refractivity contribution >= 4 is 40.7 Å². The van der Waals surface area contributed by atoms with E-state index in [0.717, 1.165) is 6.42 Å². The van der Waals surface area contributed by atoms with Crippen molar-refractivity contribution in [2.24, 2.45) is 0 Å². The molecule has 1 aliphatic heterocycles. The summed E-state index contributed by atoms with van der Waals surface area (Å²) in [7, 11) is 0. The molecule has 1 fully saturated rings. The Morgan fingerprint density at radius 3 is 2.65 bits per heavy atom. The van der Waals surface area contributed by atoms with Gasteiger partial charge in [0.2, 0.25) is 11.8 Å². The van der Waals surface area contributed by atoms with E-state index in [1.165, 1.54) is 0 Å². The monoisotopic (exact) mass is 315 g/mol. The SMILES string of the molecule is O=C(CNCC1CCC(=O)N1)Nc1c(Cl)cccc1Cl. The van der Waals surface area contributed by atoms with E-state index in [4.69, 9.17) is 23.2 Å². The van der Waals surface area contributed by atoms with Gasteiger partial charge in [-0.15, -0.1) is 0 Å². The van der Waals surface area contributed by atoms with Crippen LogP contribution in [0.25, 0.3) is 0 Å². The predicted octanol–water partition coefficient (Wildman–Crippen LogP) is 1.80.